The van der Waals surface area contributed by atoms with Gasteiger partial charge in [0, 0.05) is 17.6 Å². The van der Waals surface area contributed by atoms with Crippen LogP contribution in [0.25, 0.3) is 11.3 Å². The first kappa shape index (κ1) is 13.3. The Balaban J connectivity index is 2.67. The molecule has 1 amide bonds. The number of benzene rings is 1. The van der Waals surface area contributed by atoms with E-state index in [1.54, 1.807) is 38.2 Å². The van der Waals surface area contributed by atoms with Crippen molar-refractivity contribution in [3.8, 4) is 11.3 Å². The van der Waals surface area contributed by atoms with Gasteiger partial charge < -0.3 is 11.1 Å². The average Bonchev–Trinajstić information content (AvgIpc) is 2.38. The van der Waals surface area contributed by atoms with Crippen LogP contribution in [-0.4, -0.2) is 22.9 Å². The zero-order chi connectivity index (χ0) is 14.0. The Kier molecular flexibility index (Phi) is 3.66. The molecule has 0 fully saturated rings. The minimum atomic E-state index is -0.248. The normalized spacial score (nSPS) is 10.3. The van der Waals surface area contributed by atoms with Crippen molar-refractivity contribution >= 4 is 23.5 Å². The molecule has 0 aliphatic rings. The molecule has 1 aromatic heterocycles. The minimum Gasteiger partial charge on any atom is -0.368 e. The molecule has 1 heterocycles. The van der Waals surface area contributed by atoms with Crippen LogP contribution in [0, 0.1) is 6.92 Å². The van der Waals surface area contributed by atoms with Gasteiger partial charge in [-0.1, -0.05) is 23.7 Å². The molecule has 19 heavy (non-hydrogen) atoms. The van der Waals surface area contributed by atoms with E-state index in [0.717, 1.165) is 5.56 Å². The molecule has 0 saturated heterocycles. The molecule has 0 atom stereocenters. The molecule has 5 nitrogen and oxygen atoms in total. The summed E-state index contributed by atoms with van der Waals surface area (Å²) in [5.74, 6) is -0.113. The van der Waals surface area contributed by atoms with E-state index in [4.69, 9.17) is 17.3 Å². The van der Waals surface area contributed by atoms with Gasteiger partial charge in [0.25, 0.3) is 5.91 Å². The summed E-state index contributed by atoms with van der Waals surface area (Å²) in [7, 11) is 1.56. The number of aryl methyl sites for hydroxylation is 1. The number of aromatic nitrogens is 2. The maximum atomic E-state index is 11.9. The minimum absolute atomic E-state index is 0.134. The number of rotatable bonds is 2. The lowest BCUT2D eigenvalue weighted by molar-refractivity contribution is 0.0962. The van der Waals surface area contributed by atoms with Gasteiger partial charge in [-0.25, -0.2) is 9.97 Å². The van der Waals surface area contributed by atoms with E-state index in [1.165, 1.54) is 0 Å². The number of amides is 1. The van der Waals surface area contributed by atoms with E-state index in [0.29, 0.717) is 22.0 Å². The number of anilines is 1. The number of nitrogens with zero attached hydrogens (tertiary/aromatic N) is 2. The van der Waals surface area contributed by atoms with Gasteiger partial charge in [-0.15, -0.1) is 0 Å². The summed E-state index contributed by atoms with van der Waals surface area (Å²) in [5.41, 5.74) is 7.88. The van der Waals surface area contributed by atoms with Crippen LogP contribution in [-0.2, 0) is 0 Å². The SMILES string of the molecule is CNC(=O)c1c(C)nc(N)nc1-c1ccc(Cl)cc1. The van der Waals surface area contributed by atoms with E-state index in [-0.39, 0.29) is 11.9 Å². The van der Waals surface area contributed by atoms with Crippen LogP contribution in [0.2, 0.25) is 5.02 Å². The van der Waals surface area contributed by atoms with Crippen LogP contribution >= 0.6 is 11.6 Å². The van der Waals surface area contributed by atoms with Crippen LogP contribution in [0.4, 0.5) is 5.95 Å². The van der Waals surface area contributed by atoms with Crippen molar-refractivity contribution in [1.82, 2.24) is 15.3 Å². The van der Waals surface area contributed by atoms with Crippen LogP contribution in [0.1, 0.15) is 16.1 Å². The van der Waals surface area contributed by atoms with Crippen molar-refractivity contribution in [1.29, 1.82) is 0 Å². The van der Waals surface area contributed by atoms with E-state index < -0.39 is 0 Å². The van der Waals surface area contributed by atoms with Crippen LogP contribution in [0.5, 0.6) is 0 Å². The zero-order valence-electron chi connectivity index (χ0n) is 10.6. The summed E-state index contributed by atoms with van der Waals surface area (Å²) in [6.45, 7) is 1.72. The number of hydrogen-bond acceptors (Lipinski definition) is 4. The largest absolute Gasteiger partial charge is 0.368 e. The number of carbonyl (C=O) groups is 1. The molecular formula is C13H13ClN4O. The lowest BCUT2D eigenvalue weighted by atomic mass is 10.0. The molecule has 0 bridgehead atoms. The van der Waals surface area contributed by atoms with Crippen molar-refractivity contribution < 1.29 is 4.79 Å². The Hall–Kier alpha value is -2.14. The standard InChI is InChI=1S/C13H13ClN4O/c1-7-10(12(19)16-2)11(18-13(15)17-7)8-3-5-9(14)6-4-8/h3-6H,1-2H3,(H,16,19)(H2,15,17,18). The van der Waals surface area contributed by atoms with Gasteiger partial charge in [0.15, 0.2) is 0 Å². The first-order valence-corrected chi connectivity index (χ1v) is 6.03. The Morgan fingerprint density at radius 2 is 1.89 bits per heavy atom. The quantitative estimate of drug-likeness (QED) is 0.880. The molecule has 0 aliphatic carbocycles. The molecular weight excluding hydrogens is 264 g/mol. The molecule has 2 rings (SSSR count). The zero-order valence-corrected chi connectivity index (χ0v) is 11.3. The van der Waals surface area contributed by atoms with Gasteiger partial charge in [-0.2, -0.15) is 0 Å². The third-order valence-corrected chi connectivity index (χ3v) is 2.93. The summed E-state index contributed by atoms with van der Waals surface area (Å²) in [6, 6.07) is 7.04. The van der Waals surface area contributed by atoms with Crippen LogP contribution < -0.4 is 11.1 Å². The number of nitrogen functional groups attached to an aromatic ring is 1. The van der Waals surface area contributed by atoms with Gasteiger partial charge in [-0.3, -0.25) is 4.79 Å². The van der Waals surface area contributed by atoms with Crippen molar-refractivity contribution in [3.63, 3.8) is 0 Å². The second-order valence-electron chi connectivity index (χ2n) is 3.98. The Morgan fingerprint density at radius 1 is 1.26 bits per heavy atom. The fourth-order valence-electron chi connectivity index (χ4n) is 1.81. The molecule has 0 unspecified atom stereocenters. The maximum absolute atomic E-state index is 11.9. The highest BCUT2D eigenvalue weighted by Crippen LogP contribution is 2.25. The smallest absolute Gasteiger partial charge is 0.255 e. The molecule has 2 aromatic rings. The second-order valence-corrected chi connectivity index (χ2v) is 4.41. The van der Waals surface area contributed by atoms with Crippen molar-refractivity contribution in [2.45, 2.75) is 6.92 Å². The van der Waals surface area contributed by atoms with E-state index >= 15 is 0 Å². The number of carbonyl (C=O) groups excluding carboxylic acids is 1. The molecule has 3 N–H and O–H groups in total. The van der Waals surface area contributed by atoms with Crippen LogP contribution in [0.15, 0.2) is 24.3 Å². The maximum Gasteiger partial charge on any atom is 0.255 e. The van der Waals surface area contributed by atoms with Crippen molar-refractivity contribution in [2.24, 2.45) is 0 Å². The summed E-state index contributed by atoms with van der Waals surface area (Å²) in [6.07, 6.45) is 0. The van der Waals surface area contributed by atoms with Gasteiger partial charge in [-0.05, 0) is 19.1 Å². The predicted octanol–water partition coefficient (Wildman–Crippen LogP) is 2.05. The number of hydrogen-bond donors (Lipinski definition) is 2. The first-order chi connectivity index (χ1) is 9.02. The average molecular weight is 277 g/mol. The lowest BCUT2D eigenvalue weighted by Crippen LogP contribution is -2.21. The summed E-state index contributed by atoms with van der Waals surface area (Å²) in [4.78, 5) is 20.1. The lowest BCUT2D eigenvalue weighted by Gasteiger charge is -2.11. The summed E-state index contributed by atoms with van der Waals surface area (Å²) < 4.78 is 0. The van der Waals surface area contributed by atoms with Crippen molar-refractivity contribution in [3.05, 3.63) is 40.5 Å². The topological polar surface area (TPSA) is 80.9 Å². The molecule has 0 radical (unpaired) electrons. The van der Waals surface area contributed by atoms with Gasteiger partial charge in [0.2, 0.25) is 5.95 Å². The highest BCUT2D eigenvalue weighted by Gasteiger charge is 2.18. The summed E-state index contributed by atoms with van der Waals surface area (Å²) >= 11 is 5.85. The Labute approximate surface area is 115 Å². The monoisotopic (exact) mass is 276 g/mol. The Morgan fingerprint density at radius 3 is 2.47 bits per heavy atom. The molecule has 98 valence electrons. The fraction of sp³-hybridized carbons (Fsp3) is 0.154. The fourth-order valence-corrected chi connectivity index (χ4v) is 1.93. The second kappa shape index (κ2) is 5.24. The first-order valence-electron chi connectivity index (χ1n) is 5.65. The third-order valence-electron chi connectivity index (χ3n) is 2.68. The molecule has 0 saturated carbocycles. The van der Waals surface area contributed by atoms with Gasteiger partial charge >= 0.3 is 0 Å². The molecule has 1 aromatic carbocycles. The molecule has 6 heteroatoms. The third kappa shape index (κ3) is 2.66. The van der Waals surface area contributed by atoms with E-state index in [9.17, 15) is 4.79 Å². The molecule has 0 aliphatic heterocycles. The van der Waals surface area contributed by atoms with Gasteiger partial charge in [0.05, 0.1) is 17.0 Å². The van der Waals surface area contributed by atoms with Crippen molar-refractivity contribution in [2.75, 3.05) is 12.8 Å². The highest BCUT2D eigenvalue weighted by atomic mass is 35.5. The predicted molar refractivity (Wildman–Crippen MR) is 75.0 cm³/mol. The summed E-state index contributed by atoms with van der Waals surface area (Å²) in [5, 5.41) is 3.19. The molecule has 0 spiro atoms. The van der Waals surface area contributed by atoms with E-state index in [1.807, 2.05) is 0 Å². The highest BCUT2D eigenvalue weighted by molar-refractivity contribution is 6.30. The number of halogens is 1. The number of nitrogens with one attached hydrogen (secondary N) is 1. The number of nitrogens with two attached hydrogens (primary N) is 1. The Bertz CT molecular complexity index is 625. The van der Waals surface area contributed by atoms with Gasteiger partial charge in [0.1, 0.15) is 0 Å². The van der Waals surface area contributed by atoms with E-state index in [2.05, 4.69) is 15.3 Å². The van der Waals surface area contributed by atoms with Crippen LogP contribution in [0.3, 0.4) is 0 Å².